The lowest BCUT2D eigenvalue weighted by atomic mass is 10.1. The summed E-state index contributed by atoms with van der Waals surface area (Å²) in [7, 11) is 0. The van der Waals surface area contributed by atoms with Gasteiger partial charge in [-0.05, 0) is 30.5 Å². The summed E-state index contributed by atoms with van der Waals surface area (Å²) < 4.78 is 0. The summed E-state index contributed by atoms with van der Waals surface area (Å²) in [6.07, 6.45) is 0.294. The summed E-state index contributed by atoms with van der Waals surface area (Å²) in [4.78, 5) is 2.08. The van der Waals surface area contributed by atoms with Crippen molar-refractivity contribution in [1.29, 1.82) is 0 Å². The fourth-order valence-corrected chi connectivity index (χ4v) is 2.14. The number of nitrogens with two attached hydrogens (primary N) is 1. The number of β-amino-alcohol motifs (C(OH)–C–C–N with tert-alkyl or cyclic N) is 1. The minimum Gasteiger partial charge on any atom is -0.398 e. The van der Waals surface area contributed by atoms with Gasteiger partial charge in [-0.15, -0.1) is 0 Å². The molecule has 0 aliphatic carbocycles. The van der Waals surface area contributed by atoms with E-state index in [0.717, 1.165) is 29.9 Å². The van der Waals surface area contributed by atoms with Gasteiger partial charge in [0.2, 0.25) is 0 Å². The Hall–Kier alpha value is -1.26. The van der Waals surface area contributed by atoms with E-state index in [-0.39, 0.29) is 6.61 Å². The molecule has 1 heterocycles. The zero-order valence-electron chi connectivity index (χ0n) is 9.48. The predicted octanol–water partition coefficient (Wildman–Crippen LogP) is 0.293. The van der Waals surface area contributed by atoms with Crippen LogP contribution in [0.4, 0.5) is 11.4 Å². The van der Waals surface area contributed by atoms with Gasteiger partial charge in [-0.1, -0.05) is 6.07 Å². The molecule has 1 atom stereocenters. The highest BCUT2D eigenvalue weighted by Gasteiger charge is 2.21. The van der Waals surface area contributed by atoms with Crippen molar-refractivity contribution in [3.05, 3.63) is 23.3 Å². The van der Waals surface area contributed by atoms with Gasteiger partial charge in [0, 0.05) is 24.5 Å². The standard InChI is InChI=1S/C12H18N2O2/c1-8-4-9-2-3-14(6-10(16)7-15)12(9)5-11(8)13/h4-5,10,15-16H,2-3,6-7,13H2,1H3. The van der Waals surface area contributed by atoms with Crippen molar-refractivity contribution in [3.63, 3.8) is 0 Å². The van der Waals surface area contributed by atoms with Crippen LogP contribution < -0.4 is 10.6 Å². The molecule has 0 fully saturated rings. The Kier molecular flexibility index (Phi) is 3.03. The molecule has 1 aliphatic heterocycles. The molecule has 0 spiro atoms. The van der Waals surface area contributed by atoms with Gasteiger partial charge in [0.15, 0.2) is 0 Å². The van der Waals surface area contributed by atoms with Gasteiger partial charge in [0.05, 0.1) is 12.7 Å². The Balaban J connectivity index is 2.22. The van der Waals surface area contributed by atoms with Crippen LogP contribution in [0.5, 0.6) is 0 Å². The third-order valence-corrected chi connectivity index (χ3v) is 3.10. The lowest BCUT2D eigenvalue weighted by Crippen LogP contribution is -2.33. The number of nitrogen functional groups attached to an aromatic ring is 1. The van der Waals surface area contributed by atoms with Crippen LogP contribution >= 0.6 is 0 Å². The molecule has 0 saturated heterocycles. The monoisotopic (exact) mass is 222 g/mol. The topological polar surface area (TPSA) is 69.7 Å². The van der Waals surface area contributed by atoms with Gasteiger partial charge in [0.1, 0.15) is 0 Å². The molecular formula is C12H18N2O2. The Bertz CT molecular complexity index is 393. The summed E-state index contributed by atoms with van der Waals surface area (Å²) in [5.74, 6) is 0. The lowest BCUT2D eigenvalue weighted by molar-refractivity contribution is 0.100. The number of rotatable bonds is 3. The van der Waals surface area contributed by atoms with Gasteiger partial charge in [-0.2, -0.15) is 0 Å². The number of aliphatic hydroxyl groups is 2. The Morgan fingerprint density at radius 2 is 2.25 bits per heavy atom. The number of hydrogen-bond donors (Lipinski definition) is 3. The second-order valence-corrected chi connectivity index (χ2v) is 4.37. The Morgan fingerprint density at radius 1 is 1.50 bits per heavy atom. The van der Waals surface area contributed by atoms with Crippen LogP contribution in [0.1, 0.15) is 11.1 Å². The molecule has 0 saturated carbocycles. The smallest absolute Gasteiger partial charge is 0.0945 e. The first kappa shape index (κ1) is 11.2. The molecule has 1 aliphatic rings. The van der Waals surface area contributed by atoms with Crippen molar-refractivity contribution in [1.82, 2.24) is 0 Å². The lowest BCUT2D eigenvalue weighted by Gasteiger charge is -2.22. The number of fused-ring (bicyclic) bond motifs is 1. The molecule has 16 heavy (non-hydrogen) atoms. The first-order valence-electron chi connectivity index (χ1n) is 5.54. The summed E-state index contributed by atoms with van der Waals surface area (Å²) in [5.41, 5.74) is 10.1. The molecule has 0 amide bonds. The second kappa shape index (κ2) is 4.31. The van der Waals surface area contributed by atoms with Gasteiger partial charge in [-0.3, -0.25) is 0 Å². The quantitative estimate of drug-likeness (QED) is 0.643. The molecule has 0 radical (unpaired) electrons. The average Bonchev–Trinajstić information content (AvgIpc) is 2.62. The van der Waals surface area contributed by atoms with E-state index in [4.69, 9.17) is 10.8 Å². The molecule has 4 heteroatoms. The van der Waals surface area contributed by atoms with E-state index in [2.05, 4.69) is 11.0 Å². The molecule has 2 rings (SSSR count). The van der Waals surface area contributed by atoms with E-state index >= 15 is 0 Å². The normalized spacial score (nSPS) is 16.3. The Morgan fingerprint density at radius 3 is 2.94 bits per heavy atom. The predicted molar refractivity (Wildman–Crippen MR) is 64.6 cm³/mol. The SMILES string of the molecule is Cc1cc2c(cc1N)N(CC(O)CO)CC2. The minimum absolute atomic E-state index is 0.201. The van der Waals surface area contributed by atoms with E-state index in [0.29, 0.717) is 6.54 Å². The van der Waals surface area contributed by atoms with Crippen molar-refractivity contribution >= 4 is 11.4 Å². The number of nitrogens with zero attached hydrogens (tertiary/aromatic N) is 1. The highest BCUT2D eigenvalue weighted by Crippen LogP contribution is 2.31. The van der Waals surface area contributed by atoms with Crippen LogP contribution in [0.2, 0.25) is 0 Å². The van der Waals surface area contributed by atoms with Gasteiger partial charge >= 0.3 is 0 Å². The summed E-state index contributed by atoms with van der Waals surface area (Å²) in [6.45, 7) is 3.15. The largest absolute Gasteiger partial charge is 0.398 e. The molecule has 88 valence electrons. The molecule has 4 nitrogen and oxygen atoms in total. The minimum atomic E-state index is -0.687. The Labute approximate surface area is 95.3 Å². The van der Waals surface area contributed by atoms with E-state index in [9.17, 15) is 5.11 Å². The van der Waals surface area contributed by atoms with Crippen molar-refractivity contribution in [2.45, 2.75) is 19.4 Å². The average molecular weight is 222 g/mol. The van der Waals surface area contributed by atoms with Crippen LogP contribution in [0, 0.1) is 6.92 Å². The zero-order valence-corrected chi connectivity index (χ0v) is 9.48. The zero-order chi connectivity index (χ0) is 11.7. The van der Waals surface area contributed by atoms with E-state index in [1.165, 1.54) is 5.56 Å². The second-order valence-electron chi connectivity index (χ2n) is 4.37. The fraction of sp³-hybridized carbons (Fsp3) is 0.500. The number of aliphatic hydroxyl groups excluding tert-OH is 2. The molecular weight excluding hydrogens is 204 g/mol. The molecule has 1 aromatic rings. The molecule has 1 aromatic carbocycles. The maximum Gasteiger partial charge on any atom is 0.0945 e. The van der Waals surface area contributed by atoms with Crippen LogP contribution in [0.25, 0.3) is 0 Å². The van der Waals surface area contributed by atoms with Crippen LogP contribution in [0.15, 0.2) is 12.1 Å². The number of aryl methyl sites for hydroxylation is 1. The summed E-state index contributed by atoms with van der Waals surface area (Å²) in [6, 6.07) is 4.07. The maximum absolute atomic E-state index is 9.44. The maximum atomic E-state index is 9.44. The highest BCUT2D eigenvalue weighted by molar-refractivity contribution is 5.67. The van der Waals surface area contributed by atoms with Crippen molar-refractivity contribution in [2.24, 2.45) is 0 Å². The first-order valence-corrected chi connectivity index (χ1v) is 5.54. The number of benzene rings is 1. The van der Waals surface area contributed by atoms with Crippen molar-refractivity contribution < 1.29 is 10.2 Å². The molecule has 4 N–H and O–H groups in total. The van der Waals surface area contributed by atoms with E-state index in [1.54, 1.807) is 0 Å². The van der Waals surface area contributed by atoms with Crippen LogP contribution in [-0.2, 0) is 6.42 Å². The molecule has 0 aromatic heterocycles. The number of anilines is 2. The highest BCUT2D eigenvalue weighted by atomic mass is 16.3. The fourth-order valence-electron chi connectivity index (χ4n) is 2.14. The molecule has 0 bridgehead atoms. The summed E-state index contributed by atoms with van der Waals surface area (Å²) in [5, 5.41) is 18.3. The first-order chi connectivity index (χ1) is 7.61. The third kappa shape index (κ3) is 1.99. The van der Waals surface area contributed by atoms with E-state index in [1.807, 2.05) is 13.0 Å². The van der Waals surface area contributed by atoms with Crippen LogP contribution in [0.3, 0.4) is 0 Å². The third-order valence-electron chi connectivity index (χ3n) is 3.10. The number of hydrogen-bond acceptors (Lipinski definition) is 4. The van der Waals surface area contributed by atoms with Gasteiger partial charge in [0.25, 0.3) is 0 Å². The van der Waals surface area contributed by atoms with Gasteiger partial charge in [-0.25, -0.2) is 0 Å². The van der Waals surface area contributed by atoms with Crippen LogP contribution in [-0.4, -0.2) is 36.0 Å². The summed E-state index contributed by atoms with van der Waals surface area (Å²) >= 11 is 0. The van der Waals surface area contributed by atoms with Gasteiger partial charge < -0.3 is 20.8 Å². The van der Waals surface area contributed by atoms with E-state index < -0.39 is 6.10 Å². The molecule has 1 unspecified atom stereocenters. The van der Waals surface area contributed by atoms with Crippen molar-refractivity contribution in [2.75, 3.05) is 30.3 Å². The van der Waals surface area contributed by atoms with Crippen molar-refractivity contribution in [3.8, 4) is 0 Å².